The van der Waals surface area contributed by atoms with Gasteiger partial charge in [-0.15, -0.1) is 0 Å². The van der Waals surface area contributed by atoms with Crippen LogP contribution in [0, 0.1) is 0 Å². The molecule has 216 valence electrons. The molecular formula is C31H43N5O4. The minimum absolute atomic E-state index is 0.0722. The summed E-state index contributed by atoms with van der Waals surface area (Å²) in [5, 5.41) is 5.05. The Morgan fingerprint density at radius 2 is 1.23 bits per heavy atom. The summed E-state index contributed by atoms with van der Waals surface area (Å²) < 4.78 is 25.8. The maximum Gasteiger partial charge on any atom is 0.165 e. The summed E-state index contributed by atoms with van der Waals surface area (Å²) in [5.74, 6) is 1.76. The highest BCUT2D eigenvalue weighted by Crippen LogP contribution is 2.24. The number of benzene rings is 2. The van der Waals surface area contributed by atoms with E-state index in [1.807, 2.05) is 4.68 Å². The zero-order valence-electron chi connectivity index (χ0n) is 23.5. The van der Waals surface area contributed by atoms with E-state index < -0.39 is 0 Å². The van der Waals surface area contributed by atoms with Gasteiger partial charge < -0.3 is 18.9 Å². The van der Waals surface area contributed by atoms with E-state index in [0.29, 0.717) is 52.7 Å². The predicted octanol–water partition coefficient (Wildman–Crippen LogP) is 4.05. The molecule has 0 N–H and O–H groups in total. The van der Waals surface area contributed by atoms with Crippen molar-refractivity contribution in [2.75, 3.05) is 59.3 Å². The van der Waals surface area contributed by atoms with Crippen molar-refractivity contribution in [3.63, 3.8) is 0 Å². The van der Waals surface area contributed by atoms with Gasteiger partial charge in [0.05, 0.1) is 52.7 Å². The van der Waals surface area contributed by atoms with Crippen molar-refractivity contribution >= 4 is 0 Å². The van der Waals surface area contributed by atoms with Crippen molar-refractivity contribution in [2.45, 2.75) is 51.7 Å². The van der Waals surface area contributed by atoms with E-state index in [1.165, 1.54) is 11.1 Å². The van der Waals surface area contributed by atoms with Crippen LogP contribution in [-0.2, 0) is 45.1 Å². The molecule has 2 aliphatic rings. The first-order valence-corrected chi connectivity index (χ1v) is 14.7. The van der Waals surface area contributed by atoms with E-state index in [-0.39, 0.29) is 6.23 Å². The van der Waals surface area contributed by atoms with E-state index in [1.54, 1.807) is 0 Å². The molecule has 0 saturated carbocycles. The Balaban J connectivity index is 1.39. The smallest absolute Gasteiger partial charge is 0.165 e. The SMILES string of the molecule is c1ccc(CN2CCOCCOCCOCCN(Cc3ccccc3)Cc3nc(nn3C3CCCCO3)C2)cc1. The summed E-state index contributed by atoms with van der Waals surface area (Å²) in [5.41, 5.74) is 2.53. The molecule has 1 fully saturated rings. The number of hydrogen-bond acceptors (Lipinski definition) is 8. The fourth-order valence-electron chi connectivity index (χ4n) is 5.17. The van der Waals surface area contributed by atoms with Gasteiger partial charge in [0.15, 0.2) is 12.1 Å². The molecule has 1 saturated heterocycles. The highest BCUT2D eigenvalue weighted by Gasteiger charge is 2.24. The van der Waals surface area contributed by atoms with Crippen LogP contribution in [0.5, 0.6) is 0 Å². The van der Waals surface area contributed by atoms with Gasteiger partial charge in [-0.2, -0.15) is 5.10 Å². The Kier molecular flexibility index (Phi) is 11.5. The molecule has 0 aliphatic carbocycles. The Hall–Kier alpha value is -2.66. The van der Waals surface area contributed by atoms with Gasteiger partial charge in [-0.1, -0.05) is 60.7 Å². The fraction of sp³-hybridized carbons (Fsp3) is 0.548. The monoisotopic (exact) mass is 549 g/mol. The second kappa shape index (κ2) is 16.0. The Morgan fingerprint density at radius 3 is 1.80 bits per heavy atom. The lowest BCUT2D eigenvalue weighted by molar-refractivity contribution is -0.0429. The maximum atomic E-state index is 6.19. The lowest BCUT2D eigenvalue weighted by Crippen LogP contribution is -2.30. The fourth-order valence-corrected chi connectivity index (χ4v) is 5.17. The van der Waals surface area contributed by atoms with Crippen molar-refractivity contribution < 1.29 is 18.9 Å². The van der Waals surface area contributed by atoms with Crippen molar-refractivity contribution in [1.82, 2.24) is 24.6 Å². The molecule has 3 aromatic rings. The van der Waals surface area contributed by atoms with Crippen LogP contribution in [-0.4, -0.2) is 83.9 Å². The first-order valence-electron chi connectivity index (χ1n) is 14.7. The first-order chi connectivity index (χ1) is 19.8. The van der Waals surface area contributed by atoms with Crippen molar-refractivity contribution in [3.8, 4) is 0 Å². The van der Waals surface area contributed by atoms with Gasteiger partial charge in [0.1, 0.15) is 5.82 Å². The van der Waals surface area contributed by atoms with Crippen molar-refractivity contribution in [2.24, 2.45) is 0 Å². The standard InChI is InChI=1S/C31H43N5O4/c1-3-9-27(10-4-1)23-34-14-17-37-19-21-39-22-20-38-18-15-35(24-28-11-5-2-6-12-28)26-30-32-29(25-34)33-36(30)31-13-7-8-16-40-31/h1-6,9-12,31H,7-8,13-26H2. The van der Waals surface area contributed by atoms with E-state index in [9.17, 15) is 0 Å². The molecule has 1 aromatic heterocycles. The van der Waals surface area contributed by atoms with Crippen LogP contribution in [0.2, 0.25) is 0 Å². The molecule has 2 bridgehead atoms. The van der Waals surface area contributed by atoms with Gasteiger partial charge in [0.2, 0.25) is 0 Å². The second-order valence-electron chi connectivity index (χ2n) is 10.4. The molecule has 9 nitrogen and oxygen atoms in total. The van der Waals surface area contributed by atoms with Crippen LogP contribution in [0.4, 0.5) is 0 Å². The summed E-state index contributed by atoms with van der Waals surface area (Å²) in [6.45, 7) is 8.78. The lowest BCUT2D eigenvalue weighted by Gasteiger charge is -2.26. The third kappa shape index (κ3) is 9.19. The topological polar surface area (TPSA) is 74.1 Å². The summed E-state index contributed by atoms with van der Waals surface area (Å²) in [6.07, 6.45) is 3.12. The number of aromatic nitrogens is 3. The van der Waals surface area contributed by atoms with Gasteiger partial charge in [-0.25, -0.2) is 9.67 Å². The van der Waals surface area contributed by atoms with E-state index in [4.69, 9.17) is 29.0 Å². The molecule has 40 heavy (non-hydrogen) atoms. The van der Waals surface area contributed by atoms with E-state index in [2.05, 4.69) is 70.5 Å². The molecule has 2 aliphatic heterocycles. The molecule has 0 amide bonds. The summed E-state index contributed by atoms with van der Waals surface area (Å²) >= 11 is 0. The third-order valence-electron chi connectivity index (χ3n) is 7.25. The van der Waals surface area contributed by atoms with E-state index >= 15 is 0 Å². The van der Waals surface area contributed by atoms with Gasteiger partial charge in [0.25, 0.3) is 0 Å². The molecule has 3 heterocycles. The second-order valence-corrected chi connectivity index (χ2v) is 10.4. The van der Waals surface area contributed by atoms with Crippen molar-refractivity contribution in [1.29, 1.82) is 0 Å². The normalized spacial score (nSPS) is 21.4. The molecular weight excluding hydrogens is 506 g/mol. The van der Waals surface area contributed by atoms with Crippen LogP contribution < -0.4 is 0 Å². The summed E-state index contributed by atoms with van der Waals surface area (Å²) in [7, 11) is 0. The first kappa shape index (κ1) is 28.9. The zero-order chi connectivity index (χ0) is 27.2. The molecule has 9 heteroatoms. The molecule has 5 rings (SSSR count). The van der Waals surface area contributed by atoms with Gasteiger partial charge >= 0.3 is 0 Å². The molecule has 0 radical (unpaired) electrons. The average Bonchev–Trinajstić information content (AvgIpc) is 3.38. The predicted molar refractivity (Wildman–Crippen MR) is 152 cm³/mol. The van der Waals surface area contributed by atoms with Crippen LogP contribution in [0.1, 0.15) is 48.3 Å². The molecule has 1 atom stereocenters. The highest BCUT2D eigenvalue weighted by molar-refractivity contribution is 5.15. The van der Waals surface area contributed by atoms with Crippen LogP contribution in [0.25, 0.3) is 0 Å². The Bertz CT molecular complexity index is 1110. The Morgan fingerprint density at radius 1 is 0.650 bits per heavy atom. The third-order valence-corrected chi connectivity index (χ3v) is 7.25. The van der Waals surface area contributed by atoms with Gasteiger partial charge in [-0.3, -0.25) is 9.80 Å². The van der Waals surface area contributed by atoms with Gasteiger partial charge in [-0.05, 0) is 30.4 Å². The maximum absolute atomic E-state index is 6.19. The average molecular weight is 550 g/mol. The van der Waals surface area contributed by atoms with E-state index in [0.717, 1.165) is 63.7 Å². The number of ether oxygens (including phenoxy) is 4. The number of fused-ring (bicyclic) bond motifs is 2. The number of hydrogen-bond donors (Lipinski definition) is 0. The molecule has 2 aromatic carbocycles. The largest absolute Gasteiger partial charge is 0.378 e. The van der Waals surface area contributed by atoms with Crippen LogP contribution in [0.15, 0.2) is 60.7 Å². The lowest BCUT2D eigenvalue weighted by atomic mass is 10.2. The minimum atomic E-state index is -0.0722. The van der Waals surface area contributed by atoms with Crippen LogP contribution >= 0.6 is 0 Å². The quantitative estimate of drug-likeness (QED) is 0.472. The van der Waals surface area contributed by atoms with Gasteiger partial charge in [0, 0.05) is 32.8 Å². The Labute approximate surface area is 238 Å². The number of nitrogens with zero attached hydrogens (tertiary/aromatic N) is 5. The van der Waals surface area contributed by atoms with Crippen molar-refractivity contribution in [3.05, 3.63) is 83.4 Å². The molecule has 0 spiro atoms. The summed E-state index contributed by atoms with van der Waals surface area (Å²) in [6, 6.07) is 21.1. The minimum Gasteiger partial charge on any atom is -0.378 e. The van der Waals surface area contributed by atoms with Crippen LogP contribution in [0.3, 0.4) is 0 Å². The highest BCUT2D eigenvalue weighted by atomic mass is 16.5. The summed E-state index contributed by atoms with van der Waals surface area (Å²) in [4.78, 5) is 9.87. The number of rotatable bonds is 5. The zero-order valence-corrected chi connectivity index (χ0v) is 23.5. The molecule has 1 unspecified atom stereocenters.